The molecule has 1 aliphatic heterocycles. The summed E-state index contributed by atoms with van der Waals surface area (Å²) in [5, 5.41) is 0. The second kappa shape index (κ2) is 7.19. The fourth-order valence-corrected chi connectivity index (χ4v) is 3.70. The van der Waals surface area contributed by atoms with E-state index in [1.165, 1.54) is 17.1 Å². The molecule has 0 unspecified atom stereocenters. The van der Waals surface area contributed by atoms with Crippen LogP contribution in [-0.4, -0.2) is 22.7 Å². The Kier molecular flexibility index (Phi) is 4.59. The summed E-state index contributed by atoms with van der Waals surface area (Å²) in [6.07, 6.45) is 5.00. The highest BCUT2D eigenvalue weighted by Gasteiger charge is 2.36. The molecule has 1 heterocycles. The van der Waals surface area contributed by atoms with Crippen LogP contribution in [0.2, 0.25) is 0 Å². The molecule has 4 rings (SSSR count). The van der Waals surface area contributed by atoms with Crippen LogP contribution in [0.25, 0.3) is 0 Å². The fraction of sp³-hybridized carbons (Fsp3) is 0.227. The molecule has 0 N–H and O–H groups in total. The van der Waals surface area contributed by atoms with Gasteiger partial charge in [-0.15, -0.1) is 0 Å². The minimum Gasteiger partial charge on any atom is -0.427 e. The zero-order valence-corrected chi connectivity index (χ0v) is 14.8. The van der Waals surface area contributed by atoms with Crippen molar-refractivity contribution in [1.29, 1.82) is 0 Å². The second-order valence-corrected chi connectivity index (χ2v) is 6.75. The summed E-state index contributed by atoms with van der Waals surface area (Å²) >= 11 is 0. The SMILES string of the molecule is O=C(CCc1ccccc1)Oc1ccc2c(c1)CC[C@@H]2N1C(=O)C=CC1=O. The lowest BCUT2D eigenvalue weighted by molar-refractivity contribution is -0.139. The quantitative estimate of drug-likeness (QED) is 0.466. The lowest BCUT2D eigenvalue weighted by Gasteiger charge is -2.22. The molecule has 0 saturated carbocycles. The number of hydrogen-bond donors (Lipinski definition) is 0. The first-order chi connectivity index (χ1) is 13.1. The van der Waals surface area contributed by atoms with Crippen LogP contribution in [0, 0.1) is 0 Å². The molecule has 2 aromatic rings. The van der Waals surface area contributed by atoms with E-state index in [0.717, 1.165) is 23.1 Å². The van der Waals surface area contributed by atoms with Crippen molar-refractivity contribution in [3.8, 4) is 5.75 Å². The number of amides is 2. The largest absolute Gasteiger partial charge is 0.427 e. The van der Waals surface area contributed by atoms with Crippen molar-refractivity contribution in [1.82, 2.24) is 4.90 Å². The Morgan fingerprint density at radius 1 is 1.04 bits per heavy atom. The number of ether oxygens (including phenoxy) is 1. The molecule has 1 aliphatic carbocycles. The maximum Gasteiger partial charge on any atom is 0.311 e. The van der Waals surface area contributed by atoms with Crippen molar-refractivity contribution in [3.05, 3.63) is 77.4 Å². The predicted molar refractivity (Wildman–Crippen MR) is 98.9 cm³/mol. The van der Waals surface area contributed by atoms with Crippen LogP contribution in [0.15, 0.2) is 60.7 Å². The first-order valence-corrected chi connectivity index (χ1v) is 9.04. The van der Waals surface area contributed by atoms with Gasteiger partial charge in [-0.2, -0.15) is 0 Å². The Bertz CT molecular complexity index is 915. The van der Waals surface area contributed by atoms with Crippen LogP contribution in [-0.2, 0) is 27.2 Å². The Labute approximate surface area is 157 Å². The minimum atomic E-state index is -0.276. The molecule has 2 aromatic carbocycles. The normalized spacial score (nSPS) is 18.1. The Morgan fingerprint density at radius 2 is 1.78 bits per heavy atom. The molecule has 0 saturated heterocycles. The number of imide groups is 1. The van der Waals surface area contributed by atoms with E-state index in [1.54, 1.807) is 6.07 Å². The van der Waals surface area contributed by atoms with Gasteiger partial charge in [0, 0.05) is 18.6 Å². The van der Waals surface area contributed by atoms with Crippen LogP contribution >= 0.6 is 0 Å². The number of carbonyl (C=O) groups excluding carboxylic acids is 3. The summed E-state index contributed by atoms with van der Waals surface area (Å²) < 4.78 is 5.47. The van der Waals surface area contributed by atoms with Crippen molar-refractivity contribution in [3.63, 3.8) is 0 Å². The third-order valence-corrected chi connectivity index (χ3v) is 5.01. The molecule has 0 bridgehead atoms. The molecule has 0 aromatic heterocycles. The van der Waals surface area contributed by atoms with Crippen LogP contribution < -0.4 is 4.74 Å². The Hall–Kier alpha value is -3.21. The molecule has 27 heavy (non-hydrogen) atoms. The van der Waals surface area contributed by atoms with Gasteiger partial charge in [0.15, 0.2) is 0 Å². The van der Waals surface area contributed by atoms with Gasteiger partial charge in [-0.25, -0.2) is 0 Å². The summed E-state index contributed by atoms with van der Waals surface area (Å²) in [5.74, 6) is -0.310. The maximum atomic E-state index is 12.1. The molecule has 0 radical (unpaired) electrons. The number of esters is 1. The number of rotatable bonds is 5. The first-order valence-electron chi connectivity index (χ1n) is 9.04. The van der Waals surface area contributed by atoms with Gasteiger partial charge in [-0.3, -0.25) is 19.3 Å². The number of aryl methyl sites for hydroxylation is 2. The van der Waals surface area contributed by atoms with Crippen molar-refractivity contribution in [2.24, 2.45) is 0 Å². The number of benzene rings is 2. The van der Waals surface area contributed by atoms with Crippen molar-refractivity contribution >= 4 is 17.8 Å². The zero-order valence-electron chi connectivity index (χ0n) is 14.8. The van der Waals surface area contributed by atoms with E-state index in [-0.39, 0.29) is 23.8 Å². The average Bonchev–Trinajstić information content (AvgIpc) is 3.23. The molecular formula is C22H19NO4. The summed E-state index contributed by atoms with van der Waals surface area (Å²) in [6, 6.07) is 15.0. The van der Waals surface area contributed by atoms with Crippen molar-refractivity contribution in [2.45, 2.75) is 31.7 Å². The average molecular weight is 361 g/mol. The molecular weight excluding hydrogens is 342 g/mol. The number of fused-ring (bicyclic) bond motifs is 1. The van der Waals surface area contributed by atoms with E-state index >= 15 is 0 Å². The fourth-order valence-electron chi connectivity index (χ4n) is 3.70. The van der Waals surface area contributed by atoms with Gasteiger partial charge in [0.25, 0.3) is 11.8 Å². The number of nitrogens with zero attached hydrogens (tertiary/aromatic N) is 1. The number of carbonyl (C=O) groups is 3. The highest BCUT2D eigenvalue weighted by atomic mass is 16.5. The van der Waals surface area contributed by atoms with Gasteiger partial charge < -0.3 is 4.74 Å². The number of hydrogen-bond acceptors (Lipinski definition) is 4. The van der Waals surface area contributed by atoms with Crippen molar-refractivity contribution in [2.75, 3.05) is 0 Å². The topological polar surface area (TPSA) is 63.7 Å². The molecule has 2 amide bonds. The highest BCUT2D eigenvalue weighted by Crippen LogP contribution is 2.38. The van der Waals surface area contributed by atoms with Crippen LogP contribution in [0.1, 0.15) is 35.6 Å². The summed E-state index contributed by atoms with van der Waals surface area (Å²) in [4.78, 5) is 37.3. The smallest absolute Gasteiger partial charge is 0.311 e. The highest BCUT2D eigenvalue weighted by molar-refractivity contribution is 6.13. The van der Waals surface area contributed by atoms with Crippen LogP contribution in [0.3, 0.4) is 0 Å². The van der Waals surface area contributed by atoms with Crippen molar-refractivity contribution < 1.29 is 19.1 Å². The molecule has 5 heteroatoms. The maximum absolute atomic E-state index is 12.1. The minimum absolute atomic E-state index is 0.238. The van der Waals surface area contributed by atoms with Gasteiger partial charge in [0.05, 0.1) is 6.04 Å². The van der Waals surface area contributed by atoms with E-state index < -0.39 is 0 Å². The van der Waals surface area contributed by atoms with E-state index in [1.807, 2.05) is 42.5 Å². The Balaban J connectivity index is 1.41. The van der Waals surface area contributed by atoms with E-state index in [0.29, 0.717) is 25.0 Å². The Morgan fingerprint density at radius 3 is 2.52 bits per heavy atom. The molecule has 136 valence electrons. The lowest BCUT2D eigenvalue weighted by Crippen LogP contribution is -2.33. The van der Waals surface area contributed by atoms with Crippen LogP contribution in [0.4, 0.5) is 0 Å². The molecule has 0 spiro atoms. The molecule has 2 aliphatic rings. The van der Waals surface area contributed by atoms with E-state index in [9.17, 15) is 14.4 Å². The van der Waals surface area contributed by atoms with Gasteiger partial charge in [-0.1, -0.05) is 36.4 Å². The van der Waals surface area contributed by atoms with Crippen LogP contribution in [0.5, 0.6) is 5.75 Å². The third-order valence-electron chi connectivity index (χ3n) is 5.01. The second-order valence-electron chi connectivity index (χ2n) is 6.75. The first kappa shape index (κ1) is 17.2. The predicted octanol–water partition coefficient (Wildman–Crippen LogP) is 3.14. The van der Waals surface area contributed by atoms with Gasteiger partial charge in [0.2, 0.25) is 0 Å². The summed E-state index contributed by atoms with van der Waals surface area (Å²) in [5.41, 5.74) is 3.06. The monoisotopic (exact) mass is 361 g/mol. The third kappa shape index (κ3) is 3.53. The van der Waals surface area contributed by atoms with Gasteiger partial charge in [-0.05, 0) is 48.1 Å². The summed E-state index contributed by atoms with van der Waals surface area (Å²) in [7, 11) is 0. The molecule has 0 fully saturated rings. The van der Waals surface area contributed by atoms with E-state index in [2.05, 4.69) is 0 Å². The summed E-state index contributed by atoms with van der Waals surface area (Å²) in [6.45, 7) is 0. The van der Waals surface area contributed by atoms with Gasteiger partial charge >= 0.3 is 5.97 Å². The molecule has 1 atom stereocenters. The van der Waals surface area contributed by atoms with Gasteiger partial charge in [0.1, 0.15) is 5.75 Å². The van der Waals surface area contributed by atoms with E-state index in [4.69, 9.17) is 4.74 Å². The zero-order chi connectivity index (χ0) is 18.8. The lowest BCUT2D eigenvalue weighted by atomic mass is 10.1. The molecule has 5 nitrogen and oxygen atoms in total. The standard InChI is InChI=1S/C22H19NO4/c24-20-11-12-21(25)23(20)19-10-7-16-14-17(8-9-18(16)19)27-22(26)13-6-15-4-2-1-3-5-15/h1-5,8-9,11-12,14,19H,6-7,10,13H2/t19-/m0/s1.